The van der Waals surface area contributed by atoms with E-state index in [1.54, 1.807) is 13.1 Å². The second-order valence-electron chi connectivity index (χ2n) is 7.74. The summed E-state index contributed by atoms with van der Waals surface area (Å²) in [6.45, 7) is 6.28. The van der Waals surface area contributed by atoms with Gasteiger partial charge in [-0.05, 0) is 48.6 Å². The molecule has 1 fully saturated rings. The van der Waals surface area contributed by atoms with Gasteiger partial charge in [0.2, 0.25) is 0 Å². The molecule has 0 atom stereocenters. The summed E-state index contributed by atoms with van der Waals surface area (Å²) in [6, 6.07) is 16.9. The van der Waals surface area contributed by atoms with Gasteiger partial charge < -0.3 is 14.5 Å². The van der Waals surface area contributed by atoms with Crippen LogP contribution in [0.1, 0.15) is 30.4 Å². The number of carbonyl (C=O) groups excluding carboxylic acids is 1. The maximum Gasteiger partial charge on any atom is 0.142 e. The molecule has 1 saturated heterocycles. The molecule has 0 amide bonds. The molecule has 1 heterocycles. The number of benzene rings is 2. The van der Waals surface area contributed by atoms with Gasteiger partial charge in [0.1, 0.15) is 11.7 Å². The van der Waals surface area contributed by atoms with Crippen LogP contribution in [-0.2, 0) is 22.7 Å². The van der Waals surface area contributed by atoms with Gasteiger partial charge in [0.25, 0.3) is 0 Å². The predicted octanol–water partition coefficient (Wildman–Crippen LogP) is 3.60. The van der Waals surface area contributed by atoms with Crippen LogP contribution in [0.25, 0.3) is 0 Å². The average Bonchev–Trinajstić information content (AvgIpc) is 2.82. The Labute approximate surface area is 185 Å². The molecule has 2 aromatic rings. The van der Waals surface area contributed by atoms with Gasteiger partial charge in [0.05, 0.1) is 19.4 Å². The fourth-order valence-electron chi connectivity index (χ4n) is 3.77. The number of hydrogen-bond acceptors (Lipinski definition) is 6. The first-order chi connectivity index (χ1) is 15.3. The fraction of sp³-hybridized carbons (Fsp3) is 0.440. The molecule has 6 nitrogen and oxygen atoms in total. The lowest BCUT2D eigenvalue weighted by Crippen LogP contribution is -2.46. The number of rotatable bonds is 12. The van der Waals surface area contributed by atoms with Gasteiger partial charge in [-0.15, -0.1) is 0 Å². The number of methoxy groups -OCH3 is 1. The van der Waals surface area contributed by atoms with Crippen LogP contribution in [0, 0.1) is 0 Å². The monoisotopic (exact) mass is 423 g/mol. The third-order valence-corrected chi connectivity index (χ3v) is 5.51. The Bertz CT molecular complexity index is 829. The van der Waals surface area contributed by atoms with E-state index < -0.39 is 0 Å². The summed E-state index contributed by atoms with van der Waals surface area (Å²) in [5.74, 6) is 2.70. The van der Waals surface area contributed by atoms with Gasteiger partial charge in [0, 0.05) is 39.3 Å². The zero-order valence-corrected chi connectivity index (χ0v) is 18.4. The number of hydroxylamine groups is 1. The van der Waals surface area contributed by atoms with Crippen LogP contribution in [0.15, 0.2) is 54.6 Å². The molecule has 1 aliphatic heterocycles. The Kier molecular flexibility index (Phi) is 9.61. The smallest absolute Gasteiger partial charge is 0.142 e. The molecule has 31 heavy (non-hydrogen) atoms. The summed E-state index contributed by atoms with van der Waals surface area (Å²) in [6.07, 6.45) is 4.12. The van der Waals surface area contributed by atoms with Crippen LogP contribution < -0.4 is 15.1 Å². The van der Waals surface area contributed by atoms with E-state index in [-0.39, 0.29) is 0 Å². The van der Waals surface area contributed by atoms with Gasteiger partial charge in [-0.1, -0.05) is 36.4 Å². The Morgan fingerprint density at radius 3 is 2.58 bits per heavy atom. The van der Waals surface area contributed by atoms with E-state index >= 15 is 0 Å². The van der Waals surface area contributed by atoms with E-state index in [1.807, 2.05) is 6.07 Å². The standard InChI is InChI=1S/C25H33N3O3/c1-30-25-12-11-23(20-26-31-18-8-3-2-7-17-29)19-24(25)28-15-13-27(14-16-28)21-22-9-5-4-6-10-22/h4-7,9-12,19,26H,2-3,8,13-16,18,20-21H2,1H3. The molecule has 0 bridgehead atoms. The fourth-order valence-corrected chi connectivity index (χ4v) is 3.77. The van der Waals surface area contributed by atoms with Crippen LogP contribution in [0.2, 0.25) is 0 Å². The Balaban J connectivity index is 1.47. The number of allylic oxidation sites excluding steroid dienone is 1. The SMILES string of the molecule is COc1ccc(CNOCCCCC=C=O)cc1N1CCN(Cc2ccccc2)CC1. The largest absolute Gasteiger partial charge is 0.495 e. The number of nitrogens with zero attached hydrogens (tertiary/aromatic N) is 2. The quantitative estimate of drug-likeness (QED) is 0.320. The second kappa shape index (κ2) is 12.9. The highest BCUT2D eigenvalue weighted by molar-refractivity contribution is 5.60. The van der Waals surface area contributed by atoms with Gasteiger partial charge in [-0.3, -0.25) is 4.90 Å². The van der Waals surface area contributed by atoms with Crippen molar-refractivity contribution in [1.29, 1.82) is 0 Å². The molecule has 6 heteroatoms. The summed E-state index contributed by atoms with van der Waals surface area (Å²) in [7, 11) is 1.73. The summed E-state index contributed by atoms with van der Waals surface area (Å²) in [5, 5.41) is 0. The predicted molar refractivity (Wildman–Crippen MR) is 124 cm³/mol. The molecule has 3 rings (SSSR count). The zero-order chi connectivity index (χ0) is 21.7. The van der Waals surface area contributed by atoms with Crippen molar-refractivity contribution in [2.24, 2.45) is 0 Å². The van der Waals surface area contributed by atoms with Crippen molar-refractivity contribution in [1.82, 2.24) is 10.4 Å². The lowest BCUT2D eigenvalue weighted by molar-refractivity contribution is 0.0344. The van der Waals surface area contributed by atoms with Gasteiger partial charge in [-0.2, -0.15) is 5.48 Å². The minimum absolute atomic E-state index is 0.624. The summed E-state index contributed by atoms with van der Waals surface area (Å²) in [4.78, 5) is 20.6. The molecular weight excluding hydrogens is 390 g/mol. The number of anilines is 1. The zero-order valence-electron chi connectivity index (χ0n) is 18.4. The number of piperazine rings is 1. The van der Waals surface area contributed by atoms with E-state index in [2.05, 4.69) is 57.7 Å². The molecule has 0 aromatic heterocycles. The molecule has 0 saturated carbocycles. The molecule has 0 spiro atoms. The van der Waals surface area contributed by atoms with E-state index in [1.165, 1.54) is 11.6 Å². The Hall–Kier alpha value is -2.63. The Morgan fingerprint density at radius 1 is 1.03 bits per heavy atom. The van der Waals surface area contributed by atoms with E-state index in [9.17, 15) is 4.79 Å². The Morgan fingerprint density at radius 2 is 1.84 bits per heavy atom. The third kappa shape index (κ3) is 7.53. The van der Waals surface area contributed by atoms with Crippen LogP contribution in [-0.4, -0.2) is 50.7 Å². The molecule has 0 unspecified atom stereocenters. The van der Waals surface area contributed by atoms with Crippen molar-refractivity contribution in [3.8, 4) is 5.75 Å². The molecule has 2 aromatic carbocycles. The highest BCUT2D eigenvalue weighted by Gasteiger charge is 2.20. The maximum atomic E-state index is 10.1. The van der Waals surface area contributed by atoms with E-state index in [0.29, 0.717) is 13.2 Å². The average molecular weight is 424 g/mol. The van der Waals surface area contributed by atoms with Crippen LogP contribution in [0.3, 0.4) is 0 Å². The van der Waals surface area contributed by atoms with Crippen molar-refractivity contribution < 1.29 is 14.4 Å². The number of nitrogens with one attached hydrogen (secondary N) is 1. The number of hydrogen-bond donors (Lipinski definition) is 1. The minimum Gasteiger partial charge on any atom is -0.495 e. The first-order valence-electron chi connectivity index (χ1n) is 11.0. The molecular formula is C25H33N3O3. The molecule has 1 N–H and O–H groups in total. The highest BCUT2D eigenvalue weighted by atomic mass is 16.6. The van der Waals surface area contributed by atoms with Crippen molar-refractivity contribution in [3.05, 3.63) is 65.7 Å². The van der Waals surface area contributed by atoms with Gasteiger partial charge >= 0.3 is 0 Å². The minimum atomic E-state index is 0.624. The van der Waals surface area contributed by atoms with E-state index in [0.717, 1.165) is 69.0 Å². The van der Waals surface area contributed by atoms with Crippen molar-refractivity contribution >= 4 is 11.6 Å². The third-order valence-electron chi connectivity index (χ3n) is 5.51. The molecule has 166 valence electrons. The summed E-state index contributed by atoms with van der Waals surface area (Å²) >= 11 is 0. The lowest BCUT2D eigenvalue weighted by Gasteiger charge is -2.36. The van der Waals surface area contributed by atoms with Crippen LogP contribution in [0.5, 0.6) is 5.75 Å². The van der Waals surface area contributed by atoms with Crippen LogP contribution in [0.4, 0.5) is 5.69 Å². The number of ether oxygens (including phenoxy) is 1. The molecule has 1 aliphatic rings. The number of unbranched alkanes of at least 4 members (excludes halogenated alkanes) is 2. The molecule has 0 radical (unpaired) electrons. The van der Waals surface area contributed by atoms with Gasteiger partial charge in [0.15, 0.2) is 0 Å². The van der Waals surface area contributed by atoms with Crippen LogP contribution >= 0.6 is 0 Å². The first-order valence-corrected chi connectivity index (χ1v) is 11.0. The first kappa shape index (κ1) is 23.0. The highest BCUT2D eigenvalue weighted by Crippen LogP contribution is 2.30. The topological polar surface area (TPSA) is 54.0 Å². The van der Waals surface area contributed by atoms with Crippen molar-refractivity contribution in [2.75, 3.05) is 44.8 Å². The normalized spacial score (nSPS) is 14.3. The summed E-state index contributed by atoms with van der Waals surface area (Å²) < 4.78 is 5.63. The van der Waals surface area contributed by atoms with Crippen molar-refractivity contribution in [3.63, 3.8) is 0 Å². The van der Waals surface area contributed by atoms with E-state index in [4.69, 9.17) is 9.57 Å². The van der Waals surface area contributed by atoms with Gasteiger partial charge in [-0.25, -0.2) is 4.79 Å². The maximum absolute atomic E-state index is 10.1. The van der Waals surface area contributed by atoms with Crippen molar-refractivity contribution in [2.45, 2.75) is 32.4 Å². The summed E-state index contributed by atoms with van der Waals surface area (Å²) in [5.41, 5.74) is 6.70. The lowest BCUT2D eigenvalue weighted by atomic mass is 10.1. The molecule has 0 aliphatic carbocycles. The second-order valence-corrected chi connectivity index (χ2v) is 7.74.